The third-order valence-corrected chi connectivity index (χ3v) is 1.75. The molecule has 0 bridgehead atoms. The fourth-order valence-corrected chi connectivity index (χ4v) is 0.998. The number of carbonyl (C=O) groups is 2. The van der Waals surface area contributed by atoms with E-state index in [0.717, 1.165) is 19.3 Å². The Morgan fingerprint density at radius 1 is 1.14 bits per heavy atom. The second kappa shape index (κ2) is 8.34. The quantitative estimate of drug-likeness (QED) is 0.538. The monoisotopic (exact) mass is 202 g/mol. The van der Waals surface area contributed by atoms with Gasteiger partial charge in [0.15, 0.2) is 0 Å². The third-order valence-electron chi connectivity index (χ3n) is 1.75. The molecule has 0 heterocycles. The van der Waals surface area contributed by atoms with Crippen molar-refractivity contribution in [1.82, 2.24) is 10.6 Å². The highest BCUT2D eigenvalue weighted by Gasteiger charge is 2.01. The topological polar surface area (TPSA) is 78.4 Å². The first-order valence-corrected chi connectivity index (χ1v) is 4.90. The standard InChI is InChI=1S/C9H18N2O3/c1-2-3-4-5-6-10-8(12)7-11-9(13)14/h11H,2-7H2,1H3,(H,10,12)(H,13,14). The molecule has 14 heavy (non-hydrogen) atoms. The average molecular weight is 202 g/mol. The fourth-order valence-electron chi connectivity index (χ4n) is 0.998. The molecule has 5 heteroatoms. The highest BCUT2D eigenvalue weighted by molar-refractivity contribution is 5.81. The molecular weight excluding hydrogens is 184 g/mol. The second-order valence-corrected chi connectivity index (χ2v) is 3.07. The average Bonchev–Trinajstić information content (AvgIpc) is 2.14. The summed E-state index contributed by atoms with van der Waals surface area (Å²) in [5.41, 5.74) is 0. The van der Waals surface area contributed by atoms with Crippen LogP contribution in [0.5, 0.6) is 0 Å². The van der Waals surface area contributed by atoms with E-state index in [9.17, 15) is 9.59 Å². The van der Waals surface area contributed by atoms with Crippen molar-refractivity contribution in [3.05, 3.63) is 0 Å². The first kappa shape index (κ1) is 12.7. The Labute approximate surface area is 83.9 Å². The predicted molar refractivity (Wildman–Crippen MR) is 53.2 cm³/mol. The van der Waals surface area contributed by atoms with Gasteiger partial charge in [-0.25, -0.2) is 4.79 Å². The van der Waals surface area contributed by atoms with Crippen LogP contribution in [0.2, 0.25) is 0 Å². The van der Waals surface area contributed by atoms with E-state index in [1.807, 2.05) is 5.32 Å². The molecule has 0 unspecified atom stereocenters. The van der Waals surface area contributed by atoms with Gasteiger partial charge in [0.25, 0.3) is 0 Å². The molecule has 0 spiro atoms. The van der Waals surface area contributed by atoms with E-state index in [-0.39, 0.29) is 12.5 Å². The molecule has 0 aromatic rings. The lowest BCUT2D eigenvalue weighted by atomic mass is 10.2. The van der Waals surface area contributed by atoms with Crippen molar-refractivity contribution in [2.75, 3.05) is 13.1 Å². The molecule has 0 aliphatic heterocycles. The van der Waals surface area contributed by atoms with Gasteiger partial charge in [0.2, 0.25) is 5.91 Å². The van der Waals surface area contributed by atoms with Gasteiger partial charge in [0.1, 0.15) is 0 Å². The van der Waals surface area contributed by atoms with Gasteiger partial charge in [0, 0.05) is 6.54 Å². The van der Waals surface area contributed by atoms with Crippen molar-refractivity contribution in [2.45, 2.75) is 32.6 Å². The highest BCUT2D eigenvalue weighted by atomic mass is 16.4. The molecule has 0 aromatic carbocycles. The number of nitrogens with one attached hydrogen (secondary N) is 2. The summed E-state index contributed by atoms with van der Waals surface area (Å²) >= 11 is 0. The van der Waals surface area contributed by atoms with Crippen molar-refractivity contribution in [3.63, 3.8) is 0 Å². The van der Waals surface area contributed by atoms with Crippen molar-refractivity contribution in [1.29, 1.82) is 0 Å². The molecule has 0 saturated carbocycles. The van der Waals surface area contributed by atoms with Crippen LogP contribution in [-0.2, 0) is 4.79 Å². The summed E-state index contributed by atoms with van der Waals surface area (Å²) in [5.74, 6) is -0.274. The summed E-state index contributed by atoms with van der Waals surface area (Å²) < 4.78 is 0. The number of rotatable bonds is 7. The molecule has 0 aliphatic rings. The van der Waals surface area contributed by atoms with E-state index in [4.69, 9.17) is 5.11 Å². The molecule has 5 nitrogen and oxygen atoms in total. The SMILES string of the molecule is CCCCCCNC(=O)CNC(=O)O. The van der Waals surface area contributed by atoms with Crippen LogP contribution in [0, 0.1) is 0 Å². The highest BCUT2D eigenvalue weighted by Crippen LogP contribution is 1.96. The Morgan fingerprint density at radius 3 is 2.43 bits per heavy atom. The molecule has 3 N–H and O–H groups in total. The van der Waals surface area contributed by atoms with Gasteiger partial charge >= 0.3 is 6.09 Å². The van der Waals surface area contributed by atoms with Crippen LogP contribution in [0.1, 0.15) is 32.6 Å². The molecule has 82 valence electrons. The largest absolute Gasteiger partial charge is 0.465 e. The molecule has 0 aromatic heterocycles. The molecule has 0 rings (SSSR count). The molecule has 0 aliphatic carbocycles. The van der Waals surface area contributed by atoms with Crippen LogP contribution in [-0.4, -0.2) is 30.2 Å². The van der Waals surface area contributed by atoms with Gasteiger partial charge in [-0.15, -0.1) is 0 Å². The Morgan fingerprint density at radius 2 is 1.86 bits per heavy atom. The second-order valence-electron chi connectivity index (χ2n) is 3.07. The van der Waals surface area contributed by atoms with Crippen molar-refractivity contribution >= 4 is 12.0 Å². The molecule has 0 saturated heterocycles. The van der Waals surface area contributed by atoms with Crippen LogP contribution < -0.4 is 10.6 Å². The van der Waals surface area contributed by atoms with Gasteiger partial charge in [-0.2, -0.15) is 0 Å². The summed E-state index contributed by atoms with van der Waals surface area (Å²) in [6, 6.07) is 0. The van der Waals surface area contributed by atoms with E-state index in [1.165, 1.54) is 6.42 Å². The van der Waals surface area contributed by atoms with Crippen LogP contribution in [0.3, 0.4) is 0 Å². The minimum absolute atomic E-state index is 0.164. The van der Waals surface area contributed by atoms with Crippen LogP contribution in [0.4, 0.5) is 4.79 Å². The number of carbonyl (C=O) groups excluding carboxylic acids is 1. The normalized spacial score (nSPS) is 9.50. The Hall–Kier alpha value is -1.26. The zero-order valence-corrected chi connectivity index (χ0v) is 8.51. The smallest absolute Gasteiger partial charge is 0.405 e. The van der Waals surface area contributed by atoms with E-state index in [2.05, 4.69) is 12.2 Å². The van der Waals surface area contributed by atoms with Gasteiger partial charge in [-0.1, -0.05) is 26.2 Å². The molecular formula is C9H18N2O3. The van der Waals surface area contributed by atoms with Gasteiger partial charge in [-0.3, -0.25) is 4.79 Å². The van der Waals surface area contributed by atoms with Crippen LogP contribution >= 0.6 is 0 Å². The zero-order valence-electron chi connectivity index (χ0n) is 8.51. The maximum absolute atomic E-state index is 10.9. The number of carboxylic acid groups (broad SMARTS) is 1. The van der Waals surface area contributed by atoms with Crippen molar-refractivity contribution < 1.29 is 14.7 Å². The molecule has 0 radical (unpaired) electrons. The van der Waals surface area contributed by atoms with Crippen molar-refractivity contribution in [3.8, 4) is 0 Å². The first-order chi connectivity index (χ1) is 6.66. The van der Waals surface area contributed by atoms with Crippen LogP contribution in [0.15, 0.2) is 0 Å². The van der Waals surface area contributed by atoms with Crippen molar-refractivity contribution in [2.24, 2.45) is 0 Å². The number of amides is 2. The lowest BCUT2D eigenvalue weighted by molar-refractivity contribution is -0.120. The fraction of sp³-hybridized carbons (Fsp3) is 0.778. The maximum Gasteiger partial charge on any atom is 0.405 e. The van der Waals surface area contributed by atoms with E-state index >= 15 is 0 Å². The minimum atomic E-state index is -1.17. The van der Waals surface area contributed by atoms with E-state index in [0.29, 0.717) is 6.54 Å². The number of hydrogen-bond acceptors (Lipinski definition) is 2. The summed E-state index contributed by atoms with van der Waals surface area (Å²) in [6.07, 6.45) is 3.21. The molecule has 0 fully saturated rings. The summed E-state index contributed by atoms with van der Waals surface area (Å²) in [4.78, 5) is 21.0. The zero-order chi connectivity index (χ0) is 10.8. The summed E-state index contributed by atoms with van der Waals surface area (Å²) in [6.45, 7) is 2.58. The molecule has 2 amide bonds. The van der Waals surface area contributed by atoms with Gasteiger partial charge < -0.3 is 15.7 Å². The predicted octanol–water partition coefficient (Wildman–Crippen LogP) is 0.951. The summed E-state index contributed by atoms with van der Waals surface area (Å²) in [7, 11) is 0. The Kier molecular flexibility index (Phi) is 7.59. The minimum Gasteiger partial charge on any atom is -0.465 e. The first-order valence-electron chi connectivity index (χ1n) is 4.90. The van der Waals surface area contributed by atoms with E-state index < -0.39 is 6.09 Å². The lowest BCUT2D eigenvalue weighted by Gasteiger charge is -2.04. The molecule has 0 atom stereocenters. The van der Waals surface area contributed by atoms with Gasteiger partial charge in [-0.05, 0) is 6.42 Å². The van der Waals surface area contributed by atoms with Crippen LogP contribution in [0.25, 0.3) is 0 Å². The maximum atomic E-state index is 10.9. The third kappa shape index (κ3) is 8.83. The van der Waals surface area contributed by atoms with E-state index in [1.54, 1.807) is 0 Å². The lowest BCUT2D eigenvalue weighted by Crippen LogP contribution is -2.36. The number of hydrogen-bond donors (Lipinski definition) is 3. The number of unbranched alkanes of at least 4 members (excludes halogenated alkanes) is 3. The Bertz CT molecular complexity index is 183. The summed E-state index contributed by atoms with van der Waals surface area (Å²) in [5, 5.41) is 12.8. The van der Waals surface area contributed by atoms with Gasteiger partial charge in [0.05, 0.1) is 6.54 Å². The Balaban J connectivity index is 3.22.